The molecule has 2 fully saturated rings. The summed E-state index contributed by atoms with van der Waals surface area (Å²) in [7, 11) is 0. The van der Waals surface area contributed by atoms with E-state index >= 15 is 0 Å². The highest BCUT2D eigenvalue weighted by atomic mass is 16.2. The third kappa shape index (κ3) is 2.47. The number of rotatable bonds is 3. The van der Waals surface area contributed by atoms with Crippen LogP contribution in [0.4, 0.5) is 10.6 Å². The highest BCUT2D eigenvalue weighted by Crippen LogP contribution is 2.24. The van der Waals surface area contributed by atoms with E-state index in [4.69, 9.17) is 0 Å². The number of urea groups is 1. The highest BCUT2D eigenvalue weighted by Gasteiger charge is 2.31. The number of anilines is 1. The van der Waals surface area contributed by atoms with Crippen LogP contribution in [0.25, 0.3) is 5.78 Å². The van der Waals surface area contributed by atoms with Crippen molar-refractivity contribution in [2.24, 2.45) is 0 Å². The van der Waals surface area contributed by atoms with Crippen molar-refractivity contribution >= 4 is 17.6 Å². The van der Waals surface area contributed by atoms with Crippen LogP contribution in [-0.4, -0.2) is 62.7 Å². The molecule has 0 unspecified atom stereocenters. The summed E-state index contributed by atoms with van der Waals surface area (Å²) in [5.74, 6) is 1.70. The van der Waals surface area contributed by atoms with Crippen LogP contribution < -0.4 is 10.2 Å². The van der Waals surface area contributed by atoms with Crippen LogP contribution >= 0.6 is 0 Å². The normalized spacial score (nSPS) is 19.6. The lowest BCUT2D eigenvalue weighted by atomic mass is 10.0. The Morgan fingerprint density at radius 2 is 2.13 bits per heavy atom. The zero-order valence-electron chi connectivity index (χ0n) is 13.3. The molecule has 4 rings (SSSR count). The van der Waals surface area contributed by atoms with Crippen molar-refractivity contribution < 1.29 is 4.79 Å². The molecule has 122 valence electrons. The molecule has 2 aliphatic rings. The largest absolute Gasteiger partial charge is 0.356 e. The topological polar surface area (TPSA) is 78.7 Å². The molecule has 0 radical (unpaired) electrons. The smallest absolute Gasteiger partial charge is 0.317 e. The van der Waals surface area contributed by atoms with Gasteiger partial charge in [-0.15, -0.1) is 0 Å². The molecule has 2 aliphatic heterocycles. The first-order valence-electron chi connectivity index (χ1n) is 8.25. The molecule has 23 heavy (non-hydrogen) atoms. The summed E-state index contributed by atoms with van der Waals surface area (Å²) in [5, 5.41) is 7.19. The number of carbonyl (C=O) groups is 1. The number of hydrogen-bond acceptors (Lipinski definition) is 5. The molecule has 0 bridgehead atoms. The van der Waals surface area contributed by atoms with E-state index in [2.05, 4.69) is 38.3 Å². The molecule has 8 nitrogen and oxygen atoms in total. The SMILES string of the molecule is CCc1cc(N2CCC(N3CCNC3=O)CC2)n2ncnc2n1. The van der Waals surface area contributed by atoms with Crippen molar-refractivity contribution in [3.63, 3.8) is 0 Å². The molecule has 0 aliphatic carbocycles. The Morgan fingerprint density at radius 3 is 2.83 bits per heavy atom. The quantitative estimate of drug-likeness (QED) is 0.901. The number of carbonyl (C=O) groups excluding carboxylic acids is 1. The highest BCUT2D eigenvalue weighted by molar-refractivity contribution is 5.76. The van der Waals surface area contributed by atoms with Gasteiger partial charge in [0.2, 0.25) is 0 Å². The Bertz CT molecular complexity index is 720. The van der Waals surface area contributed by atoms with Crippen LogP contribution in [0.3, 0.4) is 0 Å². The fraction of sp³-hybridized carbons (Fsp3) is 0.600. The van der Waals surface area contributed by atoms with Gasteiger partial charge in [0.1, 0.15) is 12.1 Å². The van der Waals surface area contributed by atoms with E-state index in [9.17, 15) is 4.79 Å². The van der Waals surface area contributed by atoms with E-state index in [-0.39, 0.29) is 6.03 Å². The molecule has 0 saturated carbocycles. The predicted molar refractivity (Wildman–Crippen MR) is 85.5 cm³/mol. The van der Waals surface area contributed by atoms with E-state index < -0.39 is 0 Å². The first kappa shape index (κ1) is 14.2. The maximum absolute atomic E-state index is 11.8. The van der Waals surface area contributed by atoms with Gasteiger partial charge in [0.15, 0.2) is 0 Å². The maximum Gasteiger partial charge on any atom is 0.317 e. The summed E-state index contributed by atoms with van der Waals surface area (Å²) >= 11 is 0. The molecule has 1 N–H and O–H groups in total. The first-order valence-corrected chi connectivity index (χ1v) is 8.25. The lowest BCUT2D eigenvalue weighted by Gasteiger charge is -2.37. The number of hydrogen-bond donors (Lipinski definition) is 1. The van der Waals surface area contributed by atoms with Gasteiger partial charge in [-0.25, -0.2) is 9.78 Å². The van der Waals surface area contributed by atoms with Crippen molar-refractivity contribution in [3.05, 3.63) is 18.1 Å². The first-order chi connectivity index (χ1) is 11.3. The number of aromatic nitrogens is 4. The monoisotopic (exact) mass is 315 g/mol. The summed E-state index contributed by atoms with van der Waals surface area (Å²) in [6.07, 6.45) is 4.38. The number of nitrogens with zero attached hydrogens (tertiary/aromatic N) is 6. The molecule has 0 aromatic carbocycles. The minimum Gasteiger partial charge on any atom is -0.356 e. The van der Waals surface area contributed by atoms with Gasteiger partial charge in [-0.2, -0.15) is 14.6 Å². The molecule has 2 aromatic rings. The van der Waals surface area contributed by atoms with Crippen LogP contribution in [0.15, 0.2) is 12.4 Å². The third-order valence-corrected chi connectivity index (χ3v) is 4.77. The second-order valence-electron chi connectivity index (χ2n) is 6.07. The molecule has 4 heterocycles. The van der Waals surface area contributed by atoms with Crippen LogP contribution in [0.1, 0.15) is 25.5 Å². The lowest BCUT2D eigenvalue weighted by Crippen LogP contribution is -2.46. The Morgan fingerprint density at radius 1 is 1.30 bits per heavy atom. The van der Waals surface area contributed by atoms with E-state index in [1.165, 1.54) is 0 Å². The fourth-order valence-electron chi connectivity index (χ4n) is 3.49. The van der Waals surface area contributed by atoms with Crippen molar-refractivity contribution in [2.45, 2.75) is 32.2 Å². The Labute approximate surface area is 134 Å². The fourth-order valence-corrected chi connectivity index (χ4v) is 3.49. The van der Waals surface area contributed by atoms with Crippen molar-refractivity contribution in [1.82, 2.24) is 29.8 Å². The standard InChI is InChI=1S/C15H21N7O/c1-2-11-9-13(22-14(19-11)17-10-18-22)20-6-3-12(4-7-20)21-8-5-16-15(21)23/h9-10,12H,2-8H2,1H3,(H,16,23). The molecule has 2 saturated heterocycles. The molecule has 2 amide bonds. The molecular weight excluding hydrogens is 294 g/mol. The van der Waals surface area contributed by atoms with Gasteiger partial charge in [0.05, 0.1) is 0 Å². The number of piperidine rings is 1. The lowest BCUT2D eigenvalue weighted by molar-refractivity contribution is 0.186. The van der Waals surface area contributed by atoms with Gasteiger partial charge < -0.3 is 15.1 Å². The van der Waals surface area contributed by atoms with Crippen LogP contribution in [0.2, 0.25) is 0 Å². The average molecular weight is 315 g/mol. The van der Waals surface area contributed by atoms with Gasteiger partial charge in [0, 0.05) is 44.0 Å². The maximum atomic E-state index is 11.8. The summed E-state index contributed by atoms with van der Waals surface area (Å²) in [4.78, 5) is 24.8. The molecule has 0 atom stereocenters. The van der Waals surface area contributed by atoms with Gasteiger partial charge in [-0.1, -0.05) is 6.92 Å². The Balaban J connectivity index is 1.54. The third-order valence-electron chi connectivity index (χ3n) is 4.77. The number of amides is 2. The van der Waals surface area contributed by atoms with Crippen LogP contribution in [-0.2, 0) is 6.42 Å². The minimum atomic E-state index is 0.0827. The number of fused-ring (bicyclic) bond motifs is 1. The zero-order valence-corrected chi connectivity index (χ0v) is 13.3. The van der Waals surface area contributed by atoms with Crippen molar-refractivity contribution in [3.8, 4) is 0 Å². The Hall–Kier alpha value is -2.38. The second kappa shape index (κ2) is 5.68. The van der Waals surface area contributed by atoms with E-state index in [0.29, 0.717) is 11.8 Å². The number of aryl methyl sites for hydroxylation is 1. The average Bonchev–Trinajstić information content (AvgIpc) is 3.22. The molecular formula is C15H21N7O. The van der Waals surface area contributed by atoms with Gasteiger partial charge in [0.25, 0.3) is 5.78 Å². The van der Waals surface area contributed by atoms with E-state index in [1.807, 2.05) is 9.42 Å². The predicted octanol–water partition coefficient (Wildman–Crippen LogP) is 0.681. The number of nitrogens with one attached hydrogen (secondary N) is 1. The van der Waals surface area contributed by atoms with Crippen molar-refractivity contribution in [2.75, 3.05) is 31.1 Å². The van der Waals surface area contributed by atoms with E-state index in [1.54, 1.807) is 6.33 Å². The Kier molecular flexibility index (Phi) is 3.51. The summed E-state index contributed by atoms with van der Waals surface area (Å²) < 4.78 is 1.81. The van der Waals surface area contributed by atoms with Gasteiger partial charge in [-0.05, 0) is 19.3 Å². The van der Waals surface area contributed by atoms with Gasteiger partial charge >= 0.3 is 6.03 Å². The molecule has 0 spiro atoms. The summed E-state index contributed by atoms with van der Waals surface area (Å²) in [6.45, 7) is 5.51. The van der Waals surface area contributed by atoms with Gasteiger partial charge in [-0.3, -0.25) is 0 Å². The second-order valence-corrected chi connectivity index (χ2v) is 6.07. The summed E-state index contributed by atoms with van der Waals surface area (Å²) in [5.41, 5.74) is 1.03. The summed E-state index contributed by atoms with van der Waals surface area (Å²) in [6, 6.07) is 2.52. The van der Waals surface area contributed by atoms with Crippen molar-refractivity contribution in [1.29, 1.82) is 0 Å². The van der Waals surface area contributed by atoms with Crippen LogP contribution in [0.5, 0.6) is 0 Å². The van der Waals surface area contributed by atoms with E-state index in [0.717, 1.165) is 57.0 Å². The minimum absolute atomic E-state index is 0.0827. The molecule has 2 aromatic heterocycles. The zero-order chi connectivity index (χ0) is 15.8. The van der Waals surface area contributed by atoms with Crippen LogP contribution in [0, 0.1) is 0 Å². The molecule has 8 heteroatoms.